The van der Waals surface area contributed by atoms with Crippen molar-refractivity contribution in [3.8, 4) is 0 Å². The molecule has 2 aromatic rings. The molecule has 8 nitrogen and oxygen atoms in total. The fourth-order valence-corrected chi connectivity index (χ4v) is 5.60. The number of carboxylic acid groups (broad SMARTS) is 2. The molecule has 0 unspecified atom stereocenters. The zero-order valence-corrected chi connectivity index (χ0v) is 21.1. The summed E-state index contributed by atoms with van der Waals surface area (Å²) < 4.78 is 60.3. The van der Waals surface area contributed by atoms with Gasteiger partial charge in [-0.05, 0) is 68.9 Å². The van der Waals surface area contributed by atoms with E-state index in [-0.39, 0.29) is 16.1 Å². The number of halogens is 3. The second kappa shape index (κ2) is 11.2. The van der Waals surface area contributed by atoms with E-state index in [0.717, 1.165) is 31.5 Å². The van der Waals surface area contributed by atoms with E-state index in [1.165, 1.54) is 6.07 Å². The van der Waals surface area contributed by atoms with Gasteiger partial charge < -0.3 is 15.1 Å². The van der Waals surface area contributed by atoms with Crippen molar-refractivity contribution >= 4 is 33.3 Å². The van der Waals surface area contributed by atoms with E-state index in [1.807, 2.05) is 19.1 Å². The van der Waals surface area contributed by atoms with E-state index >= 15 is 0 Å². The first-order chi connectivity index (χ1) is 16.5. The van der Waals surface area contributed by atoms with Gasteiger partial charge in [0.05, 0.1) is 16.1 Å². The molecule has 3 rings (SSSR count). The Morgan fingerprint density at radius 3 is 1.94 bits per heavy atom. The number of hydrogen-bond acceptors (Lipinski definition) is 5. The number of nitrogens with one attached hydrogen (secondary N) is 1. The molecule has 198 valence electrons. The van der Waals surface area contributed by atoms with Crippen molar-refractivity contribution in [2.24, 2.45) is 5.92 Å². The van der Waals surface area contributed by atoms with Crippen LogP contribution in [0.3, 0.4) is 0 Å². The largest absolute Gasteiger partial charge is 0.490 e. The van der Waals surface area contributed by atoms with Crippen molar-refractivity contribution in [3.63, 3.8) is 0 Å². The zero-order valence-electron chi connectivity index (χ0n) is 20.3. The maximum absolute atomic E-state index is 13.0. The van der Waals surface area contributed by atoms with Gasteiger partial charge in [0.1, 0.15) is 0 Å². The van der Waals surface area contributed by atoms with Crippen LogP contribution in [-0.4, -0.2) is 49.8 Å². The molecule has 0 atom stereocenters. The SMILES string of the molecule is Cc1cc(C)c(S(=O)(=O)Nc2ccc(N3CCC(C)CC3)c(C(=O)O)c2)c(C)c1.O=C(O)C(F)(F)F. The van der Waals surface area contributed by atoms with Gasteiger partial charge in [-0.15, -0.1) is 0 Å². The van der Waals surface area contributed by atoms with Crippen LogP contribution < -0.4 is 9.62 Å². The summed E-state index contributed by atoms with van der Waals surface area (Å²) >= 11 is 0. The Kier molecular flexibility index (Phi) is 9.00. The van der Waals surface area contributed by atoms with Gasteiger partial charge in [-0.1, -0.05) is 24.6 Å². The summed E-state index contributed by atoms with van der Waals surface area (Å²) in [5, 5.41) is 16.8. The Morgan fingerprint density at radius 1 is 1.00 bits per heavy atom. The predicted octanol–water partition coefficient (Wildman–Crippen LogP) is 4.98. The number of aromatic carboxylic acids is 1. The highest BCUT2D eigenvalue weighted by atomic mass is 32.2. The first kappa shape index (κ1) is 29.0. The van der Waals surface area contributed by atoms with Gasteiger partial charge in [0, 0.05) is 18.8 Å². The van der Waals surface area contributed by atoms with Gasteiger partial charge in [-0.3, -0.25) is 4.72 Å². The minimum Gasteiger partial charge on any atom is -0.478 e. The van der Waals surface area contributed by atoms with Gasteiger partial charge in [-0.2, -0.15) is 13.2 Å². The molecule has 0 aliphatic carbocycles. The molecule has 0 amide bonds. The lowest BCUT2D eigenvalue weighted by Crippen LogP contribution is -2.33. The molecule has 0 spiro atoms. The summed E-state index contributed by atoms with van der Waals surface area (Å²) in [6, 6.07) is 8.39. The van der Waals surface area contributed by atoms with Gasteiger partial charge in [0.15, 0.2) is 0 Å². The fourth-order valence-electron chi connectivity index (χ4n) is 4.09. The molecule has 1 aliphatic heterocycles. The average molecular weight is 531 g/mol. The number of sulfonamides is 1. The third kappa shape index (κ3) is 7.36. The summed E-state index contributed by atoms with van der Waals surface area (Å²) in [6.07, 6.45) is -3.06. The topological polar surface area (TPSA) is 124 Å². The highest BCUT2D eigenvalue weighted by molar-refractivity contribution is 7.92. The maximum atomic E-state index is 13.0. The number of rotatable bonds is 5. The summed E-state index contributed by atoms with van der Waals surface area (Å²) in [5.74, 6) is -3.19. The van der Waals surface area contributed by atoms with Crippen LogP contribution in [0, 0.1) is 26.7 Å². The molecule has 1 fully saturated rings. The van der Waals surface area contributed by atoms with Gasteiger partial charge >= 0.3 is 18.1 Å². The minimum atomic E-state index is -5.08. The lowest BCUT2D eigenvalue weighted by Gasteiger charge is -2.33. The normalized spacial score (nSPS) is 14.6. The number of benzene rings is 2. The molecule has 3 N–H and O–H groups in total. The summed E-state index contributed by atoms with van der Waals surface area (Å²) in [4.78, 5) is 23.1. The second-order valence-corrected chi connectivity index (χ2v) is 10.5. The smallest absolute Gasteiger partial charge is 0.478 e. The van der Waals surface area contributed by atoms with Gasteiger partial charge in [-0.25, -0.2) is 18.0 Å². The predicted molar refractivity (Wildman–Crippen MR) is 129 cm³/mol. The quantitative estimate of drug-likeness (QED) is 0.498. The van der Waals surface area contributed by atoms with Crippen LogP contribution in [0.25, 0.3) is 0 Å². The van der Waals surface area contributed by atoms with E-state index in [4.69, 9.17) is 9.90 Å². The van der Waals surface area contributed by atoms with Gasteiger partial charge in [0.2, 0.25) is 0 Å². The monoisotopic (exact) mass is 530 g/mol. The molecule has 1 heterocycles. The minimum absolute atomic E-state index is 0.108. The number of carbonyl (C=O) groups is 2. The van der Waals surface area contributed by atoms with E-state index < -0.39 is 28.1 Å². The number of aliphatic carboxylic acids is 1. The van der Waals surface area contributed by atoms with Crippen LogP contribution in [0.15, 0.2) is 35.2 Å². The Bertz CT molecular complexity index is 1210. The third-order valence-electron chi connectivity index (χ3n) is 5.72. The van der Waals surface area contributed by atoms with Crippen LogP contribution in [0.2, 0.25) is 0 Å². The van der Waals surface area contributed by atoms with Crippen molar-refractivity contribution in [2.45, 2.75) is 51.6 Å². The first-order valence-electron chi connectivity index (χ1n) is 11.1. The number of hydrogen-bond donors (Lipinski definition) is 3. The van der Waals surface area contributed by atoms with Crippen molar-refractivity contribution in [1.29, 1.82) is 0 Å². The average Bonchev–Trinajstić information content (AvgIpc) is 2.72. The summed E-state index contributed by atoms with van der Waals surface area (Å²) in [7, 11) is -3.84. The molecule has 2 aromatic carbocycles. The summed E-state index contributed by atoms with van der Waals surface area (Å²) in [5.41, 5.74) is 3.30. The molecule has 1 saturated heterocycles. The molecule has 0 aromatic heterocycles. The van der Waals surface area contributed by atoms with Crippen LogP contribution in [0.5, 0.6) is 0 Å². The fraction of sp³-hybridized carbons (Fsp3) is 0.417. The highest BCUT2D eigenvalue weighted by Gasteiger charge is 2.38. The van der Waals surface area contributed by atoms with Crippen LogP contribution in [0.1, 0.15) is 46.8 Å². The van der Waals surface area contributed by atoms with Crippen molar-refractivity contribution in [3.05, 3.63) is 52.6 Å². The first-order valence-corrected chi connectivity index (χ1v) is 12.5. The van der Waals surface area contributed by atoms with Crippen molar-refractivity contribution in [1.82, 2.24) is 0 Å². The zero-order chi connectivity index (χ0) is 27.4. The van der Waals surface area contributed by atoms with E-state index in [1.54, 1.807) is 26.0 Å². The molecular weight excluding hydrogens is 501 g/mol. The van der Waals surface area contributed by atoms with E-state index in [0.29, 0.717) is 22.7 Å². The number of aryl methyl sites for hydroxylation is 3. The number of nitrogens with zero attached hydrogens (tertiary/aromatic N) is 1. The molecular formula is C24H29F3N2O6S. The summed E-state index contributed by atoms with van der Waals surface area (Å²) in [6.45, 7) is 9.24. The number of anilines is 2. The number of carboxylic acids is 2. The number of alkyl halides is 3. The molecule has 12 heteroatoms. The lowest BCUT2D eigenvalue weighted by atomic mass is 9.98. The molecule has 36 heavy (non-hydrogen) atoms. The molecule has 0 saturated carbocycles. The van der Waals surface area contributed by atoms with Crippen LogP contribution in [-0.2, 0) is 14.8 Å². The van der Waals surface area contributed by atoms with E-state index in [2.05, 4.69) is 16.5 Å². The lowest BCUT2D eigenvalue weighted by molar-refractivity contribution is -0.192. The standard InChI is InChI=1S/C22H28N2O4S.C2HF3O2/c1-14-7-9-24(10-8-14)20-6-5-18(13-19(20)22(25)26)23-29(27,28)21-16(3)11-15(2)12-17(21)4;3-2(4,5)1(6)7/h5-6,11-14,23H,7-10H2,1-4H3,(H,25,26);(H,6,7). The highest BCUT2D eigenvalue weighted by Crippen LogP contribution is 2.30. The van der Waals surface area contributed by atoms with Crippen LogP contribution in [0.4, 0.5) is 24.5 Å². The Balaban J connectivity index is 0.000000572. The van der Waals surface area contributed by atoms with Crippen molar-refractivity contribution in [2.75, 3.05) is 22.7 Å². The third-order valence-corrected chi connectivity index (χ3v) is 7.41. The Morgan fingerprint density at radius 2 is 1.50 bits per heavy atom. The van der Waals surface area contributed by atoms with E-state index in [9.17, 15) is 31.5 Å². The Labute approximate surface area is 207 Å². The number of piperidine rings is 1. The molecule has 1 aliphatic rings. The van der Waals surface area contributed by atoms with Crippen molar-refractivity contribution < 1.29 is 41.4 Å². The molecule has 0 radical (unpaired) electrons. The Hall–Kier alpha value is -3.28. The maximum Gasteiger partial charge on any atom is 0.490 e. The van der Waals surface area contributed by atoms with Gasteiger partial charge in [0.25, 0.3) is 10.0 Å². The van der Waals surface area contributed by atoms with Crippen LogP contribution >= 0.6 is 0 Å². The molecule has 0 bridgehead atoms. The second-order valence-electron chi connectivity index (χ2n) is 8.84.